The Kier molecular flexibility index (Phi) is 3.62. The molecule has 0 aliphatic heterocycles. The van der Waals surface area contributed by atoms with Gasteiger partial charge in [-0.15, -0.1) is 0 Å². The summed E-state index contributed by atoms with van der Waals surface area (Å²) in [4.78, 5) is 8.32. The summed E-state index contributed by atoms with van der Waals surface area (Å²) in [6.45, 7) is 1.87. The molecule has 0 saturated heterocycles. The average Bonchev–Trinajstić information content (AvgIpc) is 2.54. The van der Waals surface area contributed by atoms with Crippen molar-refractivity contribution < 1.29 is 4.74 Å². The van der Waals surface area contributed by atoms with Crippen LogP contribution in [-0.4, -0.2) is 9.97 Å². The van der Waals surface area contributed by atoms with Crippen LogP contribution in [-0.2, 0) is 0 Å². The van der Waals surface area contributed by atoms with E-state index in [4.69, 9.17) is 16.2 Å². The predicted octanol–water partition coefficient (Wildman–Crippen LogP) is 3.41. The van der Waals surface area contributed by atoms with Crippen molar-refractivity contribution in [1.29, 1.82) is 0 Å². The van der Waals surface area contributed by atoms with E-state index in [0.717, 1.165) is 16.7 Å². The van der Waals surface area contributed by atoms with Crippen LogP contribution in [0.25, 0.3) is 11.1 Å². The lowest BCUT2D eigenvalue weighted by molar-refractivity contribution is 0.465. The number of nitrogens with two attached hydrogens (primary N) is 2. The van der Waals surface area contributed by atoms with Gasteiger partial charge in [-0.25, -0.2) is 0 Å². The van der Waals surface area contributed by atoms with E-state index in [1.807, 2.05) is 43.3 Å². The summed E-state index contributed by atoms with van der Waals surface area (Å²) in [6.07, 6.45) is 3.52. The van der Waals surface area contributed by atoms with Gasteiger partial charge >= 0.3 is 0 Å². The van der Waals surface area contributed by atoms with E-state index < -0.39 is 0 Å². The minimum atomic E-state index is 0.272. The summed E-state index contributed by atoms with van der Waals surface area (Å²) in [5, 5.41) is 0. The third-order valence-electron chi connectivity index (χ3n) is 3.35. The summed E-state index contributed by atoms with van der Waals surface area (Å²) >= 11 is 0. The van der Waals surface area contributed by atoms with Crippen molar-refractivity contribution in [2.45, 2.75) is 6.92 Å². The van der Waals surface area contributed by atoms with Crippen molar-refractivity contribution >= 4 is 11.5 Å². The molecule has 4 N–H and O–H groups in total. The highest BCUT2D eigenvalue weighted by Crippen LogP contribution is 2.33. The van der Waals surface area contributed by atoms with Gasteiger partial charge in [0.05, 0.1) is 5.69 Å². The molecule has 22 heavy (non-hydrogen) atoms. The van der Waals surface area contributed by atoms with Crippen molar-refractivity contribution in [2.75, 3.05) is 11.5 Å². The van der Waals surface area contributed by atoms with E-state index >= 15 is 0 Å². The van der Waals surface area contributed by atoms with Crippen LogP contribution in [0.1, 0.15) is 5.56 Å². The third-order valence-corrected chi connectivity index (χ3v) is 3.35. The first-order valence-electron chi connectivity index (χ1n) is 6.85. The zero-order chi connectivity index (χ0) is 15.5. The van der Waals surface area contributed by atoms with E-state index in [1.54, 1.807) is 18.5 Å². The Balaban J connectivity index is 2.00. The van der Waals surface area contributed by atoms with Crippen molar-refractivity contribution in [3.8, 4) is 22.8 Å². The molecule has 2 aromatic heterocycles. The molecule has 0 unspecified atom stereocenters. The highest BCUT2D eigenvalue weighted by molar-refractivity contribution is 5.70. The summed E-state index contributed by atoms with van der Waals surface area (Å²) in [5.74, 6) is 1.38. The van der Waals surface area contributed by atoms with Gasteiger partial charge in [-0.1, -0.05) is 24.3 Å². The number of nitrogens with zero attached hydrogens (tertiary/aromatic N) is 2. The Labute approximate surface area is 128 Å². The first kappa shape index (κ1) is 13.9. The maximum Gasteiger partial charge on any atom is 0.221 e. The molecule has 3 rings (SSSR count). The van der Waals surface area contributed by atoms with Gasteiger partial charge in [-0.2, -0.15) is 4.98 Å². The van der Waals surface area contributed by atoms with Gasteiger partial charge in [0.25, 0.3) is 0 Å². The van der Waals surface area contributed by atoms with Crippen molar-refractivity contribution in [3.63, 3.8) is 0 Å². The monoisotopic (exact) mass is 292 g/mol. The zero-order valence-corrected chi connectivity index (χ0v) is 12.2. The number of aryl methyl sites for hydroxylation is 1. The number of hydrogen-bond acceptors (Lipinski definition) is 5. The van der Waals surface area contributed by atoms with Crippen LogP contribution in [0.5, 0.6) is 11.6 Å². The van der Waals surface area contributed by atoms with Gasteiger partial charge in [-0.3, -0.25) is 4.98 Å². The van der Waals surface area contributed by atoms with E-state index in [2.05, 4.69) is 9.97 Å². The number of hydrogen-bond donors (Lipinski definition) is 2. The first-order chi connectivity index (χ1) is 10.6. The van der Waals surface area contributed by atoms with Crippen LogP contribution in [0.15, 0.2) is 54.9 Å². The fraction of sp³-hybridized carbons (Fsp3) is 0.0588. The molecule has 0 radical (unpaired) electrons. The van der Waals surface area contributed by atoms with E-state index in [9.17, 15) is 0 Å². The van der Waals surface area contributed by atoms with Crippen molar-refractivity contribution in [2.24, 2.45) is 0 Å². The molecule has 0 spiro atoms. The lowest BCUT2D eigenvalue weighted by Gasteiger charge is -2.12. The van der Waals surface area contributed by atoms with Gasteiger partial charge in [0.1, 0.15) is 5.75 Å². The number of benzene rings is 1. The van der Waals surface area contributed by atoms with Gasteiger partial charge < -0.3 is 16.2 Å². The van der Waals surface area contributed by atoms with E-state index in [0.29, 0.717) is 17.3 Å². The Hall–Kier alpha value is -3.08. The van der Waals surface area contributed by atoms with Crippen LogP contribution >= 0.6 is 0 Å². The first-order valence-corrected chi connectivity index (χ1v) is 6.85. The highest BCUT2D eigenvalue weighted by Gasteiger charge is 2.10. The topological polar surface area (TPSA) is 87.0 Å². The molecule has 110 valence electrons. The van der Waals surface area contributed by atoms with Crippen molar-refractivity contribution in [1.82, 2.24) is 9.97 Å². The van der Waals surface area contributed by atoms with Crippen LogP contribution < -0.4 is 16.2 Å². The number of anilines is 2. The molecular weight excluding hydrogens is 276 g/mol. The number of rotatable bonds is 3. The number of pyridine rings is 2. The third kappa shape index (κ3) is 2.69. The SMILES string of the molecule is Cc1cc(Oc2ccccc2-c2cccnc2)nc(N)c1N. The molecule has 2 heterocycles. The van der Waals surface area contributed by atoms with Gasteiger partial charge in [0.2, 0.25) is 5.88 Å². The maximum atomic E-state index is 5.91. The predicted molar refractivity (Wildman–Crippen MR) is 87.5 cm³/mol. The smallest absolute Gasteiger partial charge is 0.221 e. The largest absolute Gasteiger partial charge is 0.438 e. The summed E-state index contributed by atoms with van der Waals surface area (Å²) in [6, 6.07) is 13.3. The van der Waals surface area contributed by atoms with Crippen LogP contribution in [0.4, 0.5) is 11.5 Å². The number of nitrogen functional groups attached to an aromatic ring is 2. The number of para-hydroxylation sites is 1. The van der Waals surface area contributed by atoms with Gasteiger partial charge in [0.15, 0.2) is 5.82 Å². The van der Waals surface area contributed by atoms with E-state index in [-0.39, 0.29) is 5.82 Å². The highest BCUT2D eigenvalue weighted by atomic mass is 16.5. The second-order valence-corrected chi connectivity index (χ2v) is 4.92. The molecular formula is C17H16N4O. The van der Waals surface area contributed by atoms with Gasteiger partial charge in [-0.05, 0) is 24.6 Å². The minimum absolute atomic E-state index is 0.272. The molecule has 0 aliphatic carbocycles. The fourth-order valence-electron chi connectivity index (χ4n) is 2.16. The lowest BCUT2D eigenvalue weighted by Crippen LogP contribution is -2.02. The zero-order valence-electron chi connectivity index (χ0n) is 12.2. The number of ether oxygens (including phenoxy) is 1. The molecule has 1 aromatic carbocycles. The Morgan fingerprint density at radius 1 is 1.05 bits per heavy atom. The molecule has 0 atom stereocenters. The fourth-order valence-corrected chi connectivity index (χ4v) is 2.16. The standard InChI is InChI=1S/C17H16N4O/c1-11-9-15(21-17(19)16(11)18)22-14-7-3-2-6-13(14)12-5-4-8-20-10-12/h2-10H,18H2,1H3,(H2,19,21). The minimum Gasteiger partial charge on any atom is -0.438 e. The second kappa shape index (κ2) is 5.73. The molecule has 0 aliphatic rings. The molecule has 5 heteroatoms. The Bertz CT molecular complexity index is 780. The van der Waals surface area contributed by atoms with Crippen LogP contribution in [0.3, 0.4) is 0 Å². The Morgan fingerprint density at radius 2 is 1.86 bits per heavy atom. The Morgan fingerprint density at radius 3 is 2.59 bits per heavy atom. The molecule has 0 fully saturated rings. The molecule has 3 aromatic rings. The van der Waals surface area contributed by atoms with Crippen LogP contribution in [0, 0.1) is 6.92 Å². The summed E-state index contributed by atoms with van der Waals surface area (Å²) in [7, 11) is 0. The number of aromatic nitrogens is 2. The quantitative estimate of drug-likeness (QED) is 0.772. The second-order valence-electron chi connectivity index (χ2n) is 4.92. The lowest BCUT2D eigenvalue weighted by atomic mass is 10.1. The van der Waals surface area contributed by atoms with E-state index in [1.165, 1.54) is 0 Å². The van der Waals surface area contributed by atoms with Crippen LogP contribution in [0.2, 0.25) is 0 Å². The molecule has 5 nitrogen and oxygen atoms in total. The average molecular weight is 292 g/mol. The summed E-state index contributed by atoms with van der Waals surface area (Å²) < 4.78 is 5.91. The molecule has 0 bridgehead atoms. The normalized spacial score (nSPS) is 10.4. The molecule has 0 amide bonds. The maximum absolute atomic E-state index is 5.91. The molecule has 0 saturated carbocycles. The van der Waals surface area contributed by atoms with Crippen molar-refractivity contribution in [3.05, 3.63) is 60.4 Å². The van der Waals surface area contributed by atoms with Gasteiger partial charge in [0, 0.05) is 29.6 Å². The summed E-state index contributed by atoms with van der Waals surface area (Å²) in [5.41, 5.74) is 14.8.